The maximum Gasteiger partial charge on any atom is 0.227 e. The van der Waals surface area contributed by atoms with E-state index in [1.165, 1.54) is 0 Å². The van der Waals surface area contributed by atoms with Crippen LogP contribution in [0.1, 0.15) is 19.3 Å². The molecule has 56 valence electrons. The molecule has 3 nitrogen and oxygen atoms in total. The summed E-state index contributed by atoms with van der Waals surface area (Å²) in [7, 11) is 0. The SMILES string of the molecule is O=C1[C@@H]2CC[C@@H](C2)N1CO. The van der Waals surface area contributed by atoms with E-state index in [1.807, 2.05) is 0 Å². The van der Waals surface area contributed by atoms with Gasteiger partial charge >= 0.3 is 0 Å². The van der Waals surface area contributed by atoms with E-state index in [-0.39, 0.29) is 18.6 Å². The normalized spacial score (nSPS) is 37.7. The minimum atomic E-state index is -0.0833. The number of likely N-dealkylation sites (tertiary alicyclic amines) is 1. The van der Waals surface area contributed by atoms with Crippen LogP contribution >= 0.6 is 0 Å². The van der Waals surface area contributed by atoms with Gasteiger partial charge in [0.05, 0.1) is 0 Å². The average Bonchev–Trinajstić information content (AvgIpc) is 2.46. The molecule has 1 amide bonds. The minimum Gasteiger partial charge on any atom is -0.376 e. The van der Waals surface area contributed by atoms with Crippen molar-refractivity contribution in [3.05, 3.63) is 0 Å². The zero-order valence-electron chi connectivity index (χ0n) is 5.79. The molecule has 2 atom stereocenters. The summed E-state index contributed by atoms with van der Waals surface area (Å²) < 4.78 is 0. The number of aliphatic hydroxyl groups is 1. The first-order valence-corrected chi connectivity index (χ1v) is 3.74. The lowest BCUT2D eigenvalue weighted by Crippen LogP contribution is -2.37. The number of hydrogen-bond acceptors (Lipinski definition) is 2. The number of fused-ring (bicyclic) bond motifs is 2. The van der Waals surface area contributed by atoms with E-state index in [0.717, 1.165) is 19.3 Å². The van der Waals surface area contributed by atoms with Crippen LogP contribution in [-0.2, 0) is 4.79 Å². The lowest BCUT2D eigenvalue weighted by molar-refractivity contribution is -0.137. The Balaban J connectivity index is 2.17. The van der Waals surface area contributed by atoms with Gasteiger partial charge in [0.1, 0.15) is 6.73 Å². The van der Waals surface area contributed by atoms with E-state index < -0.39 is 0 Å². The number of rotatable bonds is 1. The van der Waals surface area contributed by atoms with Gasteiger partial charge in [-0.15, -0.1) is 0 Å². The molecule has 2 rings (SSSR count). The maximum absolute atomic E-state index is 11.2. The van der Waals surface area contributed by atoms with Crippen LogP contribution in [0, 0.1) is 5.92 Å². The van der Waals surface area contributed by atoms with Crippen molar-refractivity contribution in [2.24, 2.45) is 5.92 Å². The maximum atomic E-state index is 11.2. The van der Waals surface area contributed by atoms with Crippen LogP contribution in [0.4, 0.5) is 0 Å². The molecule has 10 heavy (non-hydrogen) atoms. The zero-order valence-corrected chi connectivity index (χ0v) is 5.79. The Morgan fingerprint density at radius 1 is 1.60 bits per heavy atom. The van der Waals surface area contributed by atoms with E-state index in [2.05, 4.69) is 0 Å². The number of nitrogens with zero attached hydrogens (tertiary/aromatic N) is 1. The second-order valence-corrected chi connectivity index (χ2v) is 3.11. The summed E-state index contributed by atoms with van der Waals surface area (Å²) in [5, 5.41) is 8.76. The fraction of sp³-hybridized carbons (Fsp3) is 0.857. The van der Waals surface area contributed by atoms with E-state index in [4.69, 9.17) is 5.11 Å². The topological polar surface area (TPSA) is 40.5 Å². The molecule has 0 radical (unpaired) electrons. The highest BCUT2D eigenvalue weighted by atomic mass is 16.3. The van der Waals surface area contributed by atoms with Gasteiger partial charge in [-0.25, -0.2) is 0 Å². The molecule has 0 unspecified atom stereocenters. The van der Waals surface area contributed by atoms with Gasteiger partial charge in [-0.3, -0.25) is 4.79 Å². The summed E-state index contributed by atoms with van der Waals surface area (Å²) >= 11 is 0. The van der Waals surface area contributed by atoms with Crippen LogP contribution in [0.25, 0.3) is 0 Å². The number of aliphatic hydroxyl groups excluding tert-OH is 1. The summed E-state index contributed by atoms with van der Waals surface area (Å²) in [5.74, 6) is 0.413. The van der Waals surface area contributed by atoms with Gasteiger partial charge in [-0.05, 0) is 19.3 Å². The molecule has 0 aromatic rings. The van der Waals surface area contributed by atoms with E-state index in [1.54, 1.807) is 4.90 Å². The van der Waals surface area contributed by atoms with Gasteiger partial charge in [-0.2, -0.15) is 0 Å². The summed E-state index contributed by atoms with van der Waals surface area (Å²) in [6.07, 6.45) is 3.12. The second kappa shape index (κ2) is 1.95. The zero-order chi connectivity index (χ0) is 7.14. The number of amides is 1. The highest BCUT2D eigenvalue weighted by Gasteiger charge is 2.43. The van der Waals surface area contributed by atoms with Crippen LogP contribution in [0.15, 0.2) is 0 Å². The summed E-state index contributed by atoms with van der Waals surface area (Å²) in [4.78, 5) is 12.8. The fourth-order valence-corrected chi connectivity index (χ4v) is 2.06. The fourth-order valence-electron chi connectivity index (χ4n) is 2.06. The van der Waals surface area contributed by atoms with Crippen LogP contribution in [-0.4, -0.2) is 28.7 Å². The van der Waals surface area contributed by atoms with Crippen molar-refractivity contribution in [2.45, 2.75) is 25.3 Å². The Hall–Kier alpha value is -0.570. The highest BCUT2D eigenvalue weighted by molar-refractivity contribution is 5.82. The lowest BCUT2D eigenvalue weighted by atomic mass is 10.1. The molecule has 1 aliphatic carbocycles. The van der Waals surface area contributed by atoms with Crippen LogP contribution in [0.5, 0.6) is 0 Å². The number of carbonyl (C=O) groups is 1. The van der Waals surface area contributed by atoms with Gasteiger partial charge in [-0.1, -0.05) is 0 Å². The van der Waals surface area contributed by atoms with Crippen molar-refractivity contribution in [1.82, 2.24) is 4.90 Å². The molecule has 0 aromatic heterocycles. The van der Waals surface area contributed by atoms with Gasteiger partial charge in [0.25, 0.3) is 0 Å². The molecule has 2 fully saturated rings. The van der Waals surface area contributed by atoms with Crippen molar-refractivity contribution in [2.75, 3.05) is 6.73 Å². The standard InChI is InChI=1S/C7H11NO2/c9-4-8-6-2-1-5(3-6)7(8)10/h5-6,9H,1-4H2/t5-,6+/m1/s1. The molecule has 0 spiro atoms. The van der Waals surface area contributed by atoms with Crippen molar-refractivity contribution in [3.8, 4) is 0 Å². The first-order valence-electron chi connectivity index (χ1n) is 3.74. The van der Waals surface area contributed by atoms with Gasteiger partial charge in [0, 0.05) is 12.0 Å². The van der Waals surface area contributed by atoms with Crippen molar-refractivity contribution in [1.29, 1.82) is 0 Å². The van der Waals surface area contributed by atoms with Crippen LogP contribution in [0.2, 0.25) is 0 Å². The first-order chi connectivity index (χ1) is 4.83. The Bertz CT molecular complexity index is 169. The van der Waals surface area contributed by atoms with Crippen molar-refractivity contribution >= 4 is 5.91 Å². The van der Waals surface area contributed by atoms with Gasteiger partial charge < -0.3 is 10.0 Å². The monoisotopic (exact) mass is 141 g/mol. The molecule has 2 bridgehead atoms. The van der Waals surface area contributed by atoms with E-state index in [9.17, 15) is 4.79 Å². The van der Waals surface area contributed by atoms with Gasteiger partial charge in [0.2, 0.25) is 5.91 Å². The summed E-state index contributed by atoms with van der Waals surface area (Å²) in [6, 6.07) is 0.363. The van der Waals surface area contributed by atoms with Gasteiger partial charge in [0.15, 0.2) is 0 Å². The molecule has 1 saturated carbocycles. The summed E-state index contributed by atoms with van der Waals surface area (Å²) in [6.45, 7) is -0.0833. The van der Waals surface area contributed by atoms with Crippen molar-refractivity contribution in [3.63, 3.8) is 0 Å². The predicted octanol–water partition coefficient (Wildman–Crippen LogP) is -0.0529. The molecule has 2 aliphatic rings. The molecule has 3 heteroatoms. The number of piperidine rings is 1. The Morgan fingerprint density at radius 2 is 2.40 bits per heavy atom. The third kappa shape index (κ3) is 0.611. The molecule has 1 saturated heterocycles. The molecule has 0 aromatic carbocycles. The van der Waals surface area contributed by atoms with Crippen LogP contribution in [0.3, 0.4) is 0 Å². The predicted molar refractivity (Wildman–Crippen MR) is 35.1 cm³/mol. The average molecular weight is 141 g/mol. The third-order valence-electron chi connectivity index (χ3n) is 2.63. The quantitative estimate of drug-likeness (QED) is 0.556. The lowest BCUT2D eigenvalue weighted by Gasteiger charge is -2.24. The molecule has 1 heterocycles. The Morgan fingerprint density at radius 3 is 2.80 bits per heavy atom. The largest absolute Gasteiger partial charge is 0.376 e. The second-order valence-electron chi connectivity index (χ2n) is 3.11. The van der Waals surface area contributed by atoms with Crippen molar-refractivity contribution < 1.29 is 9.90 Å². The highest BCUT2D eigenvalue weighted by Crippen LogP contribution is 2.37. The van der Waals surface area contributed by atoms with Crippen LogP contribution < -0.4 is 0 Å². The number of hydrogen-bond donors (Lipinski definition) is 1. The van der Waals surface area contributed by atoms with E-state index >= 15 is 0 Å². The minimum absolute atomic E-state index is 0.0833. The number of carbonyl (C=O) groups excluding carboxylic acids is 1. The molecule has 1 aliphatic heterocycles. The molecule has 1 N–H and O–H groups in total. The first kappa shape index (κ1) is 6.16. The Kier molecular flexibility index (Phi) is 1.20. The third-order valence-corrected chi connectivity index (χ3v) is 2.63. The summed E-state index contributed by atoms with van der Waals surface area (Å²) in [5.41, 5.74) is 0. The smallest absolute Gasteiger partial charge is 0.227 e. The Labute approximate surface area is 59.6 Å². The molecular formula is C7H11NO2. The molecular weight excluding hydrogens is 130 g/mol. The van der Waals surface area contributed by atoms with E-state index in [0.29, 0.717) is 6.04 Å².